The lowest BCUT2D eigenvalue weighted by Gasteiger charge is -2.40. The summed E-state index contributed by atoms with van der Waals surface area (Å²) in [5.74, 6) is 0.623. The van der Waals surface area contributed by atoms with Crippen LogP contribution in [0.1, 0.15) is 30.4 Å². The molecule has 1 heterocycles. The van der Waals surface area contributed by atoms with Gasteiger partial charge in [-0.05, 0) is 48.7 Å². The highest BCUT2D eigenvalue weighted by molar-refractivity contribution is 6.00. The van der Waals surface area contributed by atoms with E-state index in [4.69, 9.17) is 9.47 Å². The SMILES string of the molecule is COc1ccc(NC(=O)C2(c3cccc(F)c3)CCC2)cc1OCc1cccnc1. The highest BCUT2D eigenvalue weighted by Crippen LogP contribution is 2.45. The van der Waals surface area contributed by atoms with Gasteiger partial charge in [0.15, 0.2) is 11.5 Å². The lowest BCUT2D eigenvalue weighted by Crippen LogP contribution is -2.46. The fourth-order valence-electron chi connectivity index (χ4n) is 3.73. The molecule has 3 aromatic rings. The molecule has 5 nitrogen and oxygen atoms in total. The van der Waals surface area contributed by atoms with Gasteiger partial charge in [0.25, 0.3) is 0 Å². The van der Waals surface area contributed by atoms with Crippen LogP contribution in [0.2, 0.25) is 0 Å². The number of ether oxygens (including phenoxy) is 2. The van der Waals surface area contributed by atoms with Crippen LogP contribution in [0.15, 0.2) is 67.0 Å². The van der Waals surface area contributed by atoms with Gasteiger partial charge >= 0.3 is 0 Å². The summed E-state index contributed by atoms with van der Waals surface area (Å²) in [6.45, 7) is 0.328. The average Bonchev–Trinajstić information content (AvgIpc) is 2.72. The Labute approximate surface area is 174 Å². The zero-order valence-electron chi connectivity index (χ0n) is 16.7. The first-order chi connectivity index (χ1) is 14.6. The van der Waals surface area contributed by atoms with E-state index < -0.39 is 5.41 Å². The van der Waals surface area contributed by atoms with E-state index in [9.17, 15) is 9.18 Å². The highest BCUT2D eigenvalue weighted by Gasteiger charge is 2.45. The number of rotatable bonds is 7. The van der Waals surface area contributed by atoms with Crippen molar-refractivity contribution in [2.75, 3.05) is 12.4 Å². The number of methoxy groups -OCH3 is 1. The Hall–Kier alpha value is -3.41. The van der Waals surface area contributed by atoms with Crippen LogP contribution in [0.4, 0.5) is 10.1 Å². The molecule has 2 aromatic carbocycles. The van der Waals surface area contributed by atoms with Gasteiger partial charge in [-0.3, -0.25) is 9.78 Å². The number of nitrogens with zero attached hydrogens (tertiary/aromatic N) is 1. The van der Waals surface area contributed by atoms with Crippen LogP contribution in [0.25, 0.3) is 0 Å². The largest absolute Gasteiger partial charge is 0.493 e. The highest BCUT2D eigenvalue weighted by atomic mass is 19.1. The van der Waals surface area contributed by atoms with E-state index >= 15 is 0 Å². The molecular formula is C24H23FN2O3. The van der Waals surface area contributed by atoms with Crippen LogP contribution in [0, 0.1) is 5.82 Å². The average molecular weight is 406 g/mol. The minimum absolute atomic E-state index is 0.136. The molecule has 6 heteroatoms. The van der Waals surface area contributed by atoms with Gasteiger partial charge in [0.1, 0.15) is 12.4 Å². The third-order valence-electron chi connectivity index (χ3n) is 5.56. The maximum atomic E-state index is 13.7. The third-order valence-corrected chi connectivity index (χ3v) is 5.56. The molecular weight excluding hydrogens is 383 g/mol. The molecule has 0 radical (unpaired) electrons. The lowest BCUT2D eigenvalue weighted by atomic mass is 9.63. The molecule has 0 bridgehead atoms. The maximum Gasteiger partial charge on any atom is 0.235 e. The first-order valence-corrected chi connectivity index (χ1v) is 9.88. The van der Waals surface area contributed by atoms with Crippen molar-refractivity contribution in [1.82, 2.24) is 4.98 Å². The second-order valence-corrected chi connectivity index (χ2v) is 7.42. The van der Waals surface area contributed by atoms with E-state index in [1.54, 1.807) is 43.8 Å². The van der Waals surface area contributed by atoms with E-state index in [2.05, 4.69) is 10.3 Å². The van der Waals surface area contributed by atoms with Gasteiger partial charge < -0.3 is 14.8 Å². The molecule has 1 aromatic heterocycles. The zero-order chi connectivity index (χ0) is 21.0. The number of halogens is 1. The number of benzene rings is 2. The van der Waals surface area contributed by atoms with Gasteiger partial charge in [0.05, 0.1) is 12.5 Å². The molecule has 4 rings (SSSR count). The summed E-state index contributed by atoms with van der Waals surface area (Å²) < 4.78 is 25.0. The number of hydrogen-bond acceptors (Lipinski definition) is 4. The minimum atomic E-state index is -0.696. The molecule has 0 aliphatic heterocycles. The number of nitrogens with one attached hydrogen (secondary N) is 1. The first kappa shape index (κ1) is 19.9. The van der Waals surface area contributed by atoms with E-state index in [0.29, 0.717) is 42.2 Å². The Morgan fingerprint density at radius 2 is 2.00 bits per heavy atom. The Balaban J connectivity index is 1.53. The Morgan fingerprint density at radius 1 is 1.13 bits per heavy atom. The van der Waals surface area contributed by atoms with E-state index in [0.717, 1.165) is 12.0 Å². The quantitative estimate of drug-likeness (QED) is 0.608. The Kier molecular flexibility index (Phi) is 5.65. The van der Waals surface area contributed by atoms with Crippen molar-refractivity contribution in [2.45, 2.75) is 31.3 Å². The number of pyridine rings is 1. The van der Waals surface area contributed by atoms with Gasteiger partial charge in [-0.15, -0.1) is 0 Å². The third kappa shape index (κ3) is 3.99. The fraction of sp³-hybridized carbons (Fsp3) is 0.250. The number of carbonyl (C=O) groups excluding carboxylic acids is 1. The second kappa shape index (κ2) is 8.53. The number of hydrogen-bond donors (Lipinski definition) is 1. The summed E-state index contributed by atoms with van der Waals surface area (Å²) in [7, 11) is 1.57. The van der Waals surface area contributed by atoms with Crippen LogP contribution in [0.3, 0.4) is 0 Å². The van der Waals surface area contributed by atoms with Gasteiger partial charge in [-0.1, -0.05) is 24.6 Å². The molecule has 1 saturated carbocycles. The Bertz CT molecular complexity index is 1040. The minimum Gasteiger partial charge on any atom is -0.493 e. The summed E-state index contributed by atoms with van der Waals surface area (Å²) in [4.78, 5) is 17.2. The number of aromatic nitrogens is 1. The van der Waals surface area contributed by atoms with Crippen LogP contribution >= 0.6 is 0 Å². The molecule has 154 valence electrons. The van der Waals surface area contributed by atoms with Crippen LogP contribution < -0.4 is 14.8 Å². The smallest absolute Gasteiger partial charge is 0.235 e. The van der Waals surface area contributed by atoms with Crippen molar-refractivity contribution in [3.8, 4) is 11.5 Å². The van der Waals surface area contributed by atoms with Gasteiger partial charge in [-0.2, -0.15) is 0 Å². The second-order valence-electron chi connectivity index (χ2n) is 7.42. The summed E-state index contributed by atoms with van der Waals surface area (Å²) in [6, 6.07) is 15.3. The monoisotopic (exact) mass is 406 g/mol. The molecule has 1 fully saturated rings. The number of amides is 1. The predicted octanol–water partition coefficient (Wildman–Crippen LogP) is 4.87. The van der Waals surface area contributed by atoms with Crippen LogP contribution in [-0.4, -0.2) is 18.0 Å². The molecule has 1 aliphatic carbocycles. The lowest BCUT2D eigenvalue weighted by molar-refractivity contribution is -0.124. The summed E-state index contributed by atoms with van der Waals surface area (Å²) in [6.07, 6.45) is 5.77. The van der Waals surface area contributed by atoms with Crippen molar-refractivity contribution in [3.05, 3.63) is 83.9 Å². The fourth-order valence-corrected chi connectivity index (χ4v) is 3.73. The first-order valence-electron chi connectivity index (χ1n) is 9.88. The van der Waals surface area contributed by atoms with Crippen molar-refractivity contribution in [1.29, 1.82) is 0 Å². The molecule has 0 atom stereocenters. The number of anilines is 1. The van der Waals surface area contributed by atoms with Gasteiger partial charge in [0.2, 0.25) is 5.91 Å². The molecule has 1 N–H and O–H groups in total. The zero-order valence-corrected chi connectivity index (χ0v) is 16.7. The predicted molar refractivity (Wildman–Crippen MR) is 112 cm³/mol. The molecule has 0 spiro atoms. The molecule has 0 unspecified atom stereocenters. The summed E-state index contributed by atoms with van der Waals surface area (Å²) in [5.41, 5.74) is 1.55. The maximum absolute atomic E-state index is 13.7. The molecule has 1 amide bonds. The van der Waals surface area contributed by atoms with Gasteiger partial charge in [-0.25, -0.2) is 4.39 Å². The van der Waals surface area contributed by atoms with E-state index in [-0.39, 0.29) is 11.7 Å². The van der Waals surface area contributed by atoms with E-state index in [1.807, 2.05) is 18.2 Å². The van der Waals surface area contributed by atoms with Crippen LogP contribution in [0.5, 0.6) is 11.5 Å². The summed E-state index contributed by atoms with van der Waals surface area (Å²) in [5, 5.41) is 2.98. The molecule has 30 heavy (non-hydrogen) atoms. The normalized spacial score (nSPS) is 14.5. The molecule has 0 saturated heterocycles. The Morgan fingerprint density at radius 3 is 2.67 bits per heavy atom. The van der Waals surface area contributed by atoms with Gasteiger partial charge in [0, 0.05) is 29.7 Å². The standard InChI is InChI=1S/C24H23FN2O3/c1-29-21-9-8-20(14-22(21)30-16-17-5-3-12-26-15-17)27-23(28)24(10-4-11-24)18-6-2-7-19(25)13-18/h2-3,5-9,12-15H,4,10-11,16H2,1H3,(H,27,28). The van der Waals surface area contributed by atoms with Crippen molar-refractivity contribution in [3.63, 3.8) is 0 Å². The summed E-state index contributed by atoms with van der Waals surface area (Å²) >= 11 is 0. The van der Waals surface area contributed by atoms with Crippen molar-refractivity contribution in [2.24, 2.45) is 0 Å². The van der Waals surface area contributed by atoms with Crippen molar-refractivity contribution >= 4 is 11.6 Å². The van der Waals surface area contributed by atoms with Crippen LogP contribution in [-0.2, 0) is 16.8 Å². The topological polar surface area (TPSA) is 60.5 Å². The number of carbonyl (C=O) groups is 1. The van der Waals surface area contributed by atoms with Crippen molar-refractivity contribution < 1.29 is 18.7 Å². The molecule has 1 aliphatic rings. The van der Waals surface area contributed by atoms with E-state index in [1.165, 1.54) is 12.1 Å².